The van der Waals surface area contributed by atoms with Crippen molar-refractivity contribution in [1.82, 2.24) is 15.0 Å². The van der Waals surface area contributed by atoms with Crippen molar-refractivity contribution in [3.8, 4) is 0 Å². The second-order valence-electron chi connectivity index (χ2n) is 5.49. The van der Waals surface area contributed by atoms with E-state index in [0.29, 0.717) is 17.1 Å². The van der Waals surface area contributed by atoms with Crippen LogP contribution in [0.15, 0.2) is 0 Å². The monoisotopic (exact) mass is 309 g/mol. The lowest BCUT2D eigenvalue weighted by atomic mass is 10.1. The van der Waals surface area contributed by atoms with E-state index in [9.17, 15) is 0 Å². The van der Waals surface area contributed by atoms with Crippen molar-refractivity contribution < 1.29 is 0 Å². The summed E-state index contributed by atoms with van der Waals surface area (Å²) in [5.74, 6) is 8.51. The molecule has 2 fully saturated rings. The second kappa shape index (κ2) is 7.13. The quantitative estimate of drug-likeness (QED) is 0.556. The Kier molecular flexibility index (Phi) is 4.97. The highest BCUT2D eigenvalue weighted by molar-refractivity contribution is 8.00. The third kappa shape index (κ3) is 3.88. The number of anilines is 3. The van der Waals surface area contributed by atoms with Gasteiger partial charge in [-0.25, -0.2) is 5.84 Å². The Balaban J connectivity index is 1.69. The molecule has 1 unspecified atom stereocenters. The predicted molar refractivity (Wildman–Crippen MR) is 87.7 cm³/mol. The molecule has 7 nitrogen and oxygen atoms in total. The fourth-order valence-corrected chi connectivity index (χ4v) is 3.96. The normalized spacial score (nSPS) is 22.3. The van der Waals surface area contributed by atoms with E-state index in [1.54, 1.807) is 0 Å². The molecule has 2 aliphatic heterocycles. The molecule has 1 aromatic heterocycles. The summed E-state index contributed by atoms with van der Waals surface area (Å²) in [4.78, 5) is 15.4. The molecule has 116 valence electrons. The van der Waals surface area contributed by atoms with Gasteiger partial charge in [0.1, 0.15) is 0 Å². The van der Waals surface area contributed by atoms with Gasteiger partial charge in [-0.3, -0.25) is 5.43 Å². The molecule has 0 aliphatic carbocycles. The maximum atomic E-state index is 5.48. The van der Waals surface area contributed by atoms with Crippen LogP contribution >= 0.6 is 11.8 Å². The summed E-state index contributed by atoms with van der Waals surface area (Å²) in [6, 6.07) is 0. The number of thioether (sulfide) groups is 1. The van der Waals surface area contributed by atoms with Crippen LogP contribution in [0.2, 0.25) is 0 Å². The zero-order valence-corrected chi connectivity index (χ0v) is 13.0. The molecule has 3 heterocycles. The number of piperidine rings is 1. The van der Waals surface area contributed by atoms with E-state index >= 15 is 0 Å². The van der Waals surface area contributed by atoms with Gasteiger partial charge in [0.2, 0.25) is 17.8 Å². The summed E-state index contributed by atoms with van der Waals surface area (Å²) in [6.07, 6.45) is 6.25. The molecule has 3 rings (SSSR count). The first kappa shape index (κ1) is 14.6. The zero-order valence-electron chi connectivity index (χ0n) is 12.2. The van der Waals surface area contributed by atoms with Crippen LogP contribution in [0.1, 0.15) is 32.1 Å². The average Bonchev–Trinajstić information content (AvgIpc) is 3.07. The minimum atomic E-state index is 0.423. The Hall–Kier alpha value is -1.28. The summed E-state index contributed by atoms with van der Waals surface area (Å²) >= 11 is 2.02. The molecule has 1 atom stereocenters. The molecule has 0 bridgehead atoms. The number of rotatable bonds is 5. The van der Waals surface area contributed by atoms with Crippen LogP contribution in [0.3, 0.4) is 0 Å². The molecular weight excluding hydrogens is 286 g/mol. The Morgan fingerprint density at radius 2 is 1.90 bits per heavy atom. The summed E-state index contributed by atoms with van der Waals surface area (Å²) in [7, 11) is 0. The van der Waals surface area contributed by atoms with Crippen LogP contribution < -0.4 is 21.5 Å². The van der Waals surface area contributed by atoms with Crippen molar-refractivity contribution in [2.75, 3.05) is 41.0 Å². The van der Waals surface area contributed by atoms with Gasteiger partial charge in [0.15, 0.2) is 0 Å². The molecule has 0 saturated carbocycles. The minimum Gasteiger partial charge on any atom is -0.353 e. The standard InChI is InChI=1S/C13H23N7S/c14-19-12-16-11(15-9-10-5-4-8-21-10)17-13(18-12)20-6-2-1-3-7-20/h10H,1-9,14H2,(H2,15,16,17,18,19). The first-order valence-corrected chi connectivity index (χ1v) is 8.73. The number of nitrogens with two attached hydrogens (primary N) is 1. The topological polar surface area (TPSA) is 92.0 Å². The summed E-state index contributed by atoms with van der Waals surface area (Å²) in [5.41, 5.74) is 2.54. The number of hydrogen-bond acceptors (Lipinski definition) is 8. The van der Waals surface area contributed by atoms with Crippen LogP contribution in [0.5, 0.6) is 0 Å². The van der Waals surface area contributed by atoms with E-state index in [2.05, 4.69) is 30.6 Å². The largest absolute Gasteiger partial charge is 0.353 e. The molecule has 2 aliphatic rings. The van der Waals surface area contributed by atoms with Gasteiger partial charge in [0.25, 0.3) is 0 Å². The van der Waals surface area contributed by atoms with Gasteiger partial charge >= 0.3 is 0 Å². The Bertz CT molecular complexity index is 458. The first-order valence-electron chi connectivity index (χ1n) is 7.68. The number of nitrogens with one attached hydrogen (secondary N) is 2. The van der Waals surface area contributed by atoms with Crippen LogP contribution in [-0.2, 0) is 0 Å². The lowest BCUT2D eigenvalue weighted by molar-refractivity contribution is 0.567. The minimum absolute atomic E-state index is 0.423. The number of nitrogen functional groups attached to an aromatic ring is 1. The number of aromatic nitrogens is 3. The molecular formula is C13H23N7S. The van der Waals surface area contributed by atoms with Gasteiger partial charge in [-0.15, -0.1) is 0 Å². The Labute approximate surface area is 129 Å². The van der Waals surface area contributed by atoms with Crippen molar-refractivity contribution in [1.29, 1.82) is 0 Å². The third-order valence-electron chi connectivity index (χ3n) is 3.90. The zero-order chi connectivity index (χ0) is 14.5. The van der Waals surface area contributed by atoms with Crippen LogP contribution in [-0.4, -0.2) is 45.6 Å². The van der Waals surface area contributed by atoms with E-state index in [-0.39, 0.29) is 0 Å². The first-order chi connectivity index (χ1) is 10.3. The fourth-order valence-electron chi connectivity index (χ4n) is 2.75. The van der Waals surface area contributed by atoms with E-state index in [1.165, 1.54) is 37.9 Å². The van der Waals surface area contributed by atoms with E-state index in [1.807, 2.05) is 11.8 Å². The lowest BCUT2D eigenvalue weighted by Gasteiger charge is -2.27. The number of hydrogen-bond donors (Lipinski definition) is 3. The fraction of sp³-hybridized carbons (Fsp3) is 0.769. The van der Waals surface area contributed by atoms with Crippen LogP contribution in [0.4, 0.5) is 17.8 Å². The average molecular weight is 309 g/mol. The molecule has 21 heavy (non-hydrogen) atoms. The van der Waals surface area contributed by atoms with Gasteiger partial charge in [0, 0.05) is 24.9 Å². The van der Waals surface area contributed by atoms with E-state index in [0.717, 1.165) is 25.6 Å². The van der Waals surface area contributed by atoms with Crippen molar-refractivity contribution >= 4 is 29.6 Å². The SMILES string of the molecule is NNc1nc(NCC2CCCS2)nc(N2CCCCC2)n1. The highest BCUT2D eigenvalue weighted by Gasteiger charge is 2.18. The van der Waals surface area contributed by atoms with E-state index in [4.69, 9.17) is 5.84 Å². The molecule has 1 aromatic rings. The molecule has 2 saturated heterocycles. The van der Waals surface area contributed by atoms with Crippen molar-refractivity contribution in [2.24, 2.45) is 5.84 Å². The molecule has 8 heteroatoms. The lowest BCUT2D eigenvalue weighted by Crippen LogP contribution is -2.32. The van der Waals surface area contributed by atoms with Gasteiger partial charge in [-0.1, -0.05) is 0 Å². The highest BCUT2D eigenvalue weighted by Crippen LogP contribution is 2.26. The smallest absolute Gasteiger partial charge is 0.243 e. The van der Waals surface area contributed by atoms with Crippen LogP contribution in [0, 0.1) is 0 Å². The van der Waals surface area contributed by atoms with Crippen molar-refractivity contribution in [3.05, 3.63) is 0 Å². The maximum Gasteiger partial charge on any atom is 0.243 e. The highest BCUT2D eigenvalue weighted by atomic mass is 32.2. The van der Waals surface area contributed by atoms with E-state index < -0.39 is 0 Å². The van der Waals surface area contributed by atoms with Crippen molar-refractivity contribution in [2.45, 2.75) is 37.4 Å². The Morgan fingerprint density at radius 1 is 1.10 bits per heavy atom. The summed E-state index contributed by atoms with van der Waals surface area (Å²) in [5, 5.41) is 4.00. The molecule has 4 N–H and O–H groups in total. The molecule has 0 aromatic carbocycles. The summed E-state index contributed by atoms with van der Waals surface area (Å²) in [6.45, 7) is 2.91. The third-order valence-corrected chi connectivity index (χ3v) is 5.30. The second-order valence-corrected chi connectivity index (χ2v) is 6.90. The Morgan fingerprint density at radius 3 is 2.62 bits per heavy atom. The van der Waals surface area contributed by atoms with Gasteiger partial charge in [-0.2, -0.15) is 26.7 Å². The maximum absolute atomic E-state index is 5.48. The van der Waals surface area contributed by atoms with Gasteiger partial charge in [0.05, 0.1) is 0 Å². The summed E-state index contributed by atoms with van der Waals surface area (Å²) < 4.78 is 0. The number of nitrogens with zero attached hydrogens (tertiary/aromatic N) is 4. The molecule has 0 radical (unpaired) electrons. The predicted octanol–water partition coefficient (Wildman–Crippen LogP) is 1.45. The van der Waals surface area contributed by atoms with Gasteiger partial charge in [-0.05, 0) is 37.9 Å². The molecule has 0 spiro atoms. The van der Waals surface area contributed by atoms with Crippen LogP contribution in [0.25, 0.3) is 0 Å². The van der Waals surface area contributed by atoms with Gasteiger partial charge < -0.3 is 10.2 Å². The molecule has 0 amide bonds. The van der Waals surface area contributed by atoms with Crippen molar-refractivity contribution in [3.63, 3.8) is 0 Å². The number of hydrazine groups is 1.